The lowest BCUT2D eigenvalue weighted by Gasteiger charge is -2.15. The zero-order valence-corrected chi connectivity index (χ0v) is 11.0. The lowest BCUT2D eigenvalue weighted by atomic mass is 10.1. The van der Waals surface area contributed by atoms with E-state index in [0.29, 0.717) is 11.3 Å². The molecule has 0 atom stereocenters. The van der Waals surface area contributed by atoms with Gasteiger partial charge in [0.25, 0.3) is 0 Å². The molecule has 2 aromatic rings. The number of halogens is 2. The smallest absolute Gasteiger partial charge is 0.149 e. The van der Waals surface area contributed by atoms with Gasteiger partial charge in [0, 0.05) is 5.56 Å². The second-order valence-corrected chi connectivity index (χ2v) is 4.52. The molecule has 5 heteroatoms. The Kier molecular flexibility index (Phi) is 3.76. The molecule has 0 saturated heterocycles. The van der Waals surface area contributed by atoms with E-state index < -0.39 is 11.6 Å². The molecule has 3 N–H and O–H groups in total. The van der Waals surface area contributed by atoms with Crippen LogP contribution in [0.25, 0.3) is 0 Å². The summed E-state index contributed by atoms with van der Waals surface area (Å²) in [7, 11) is 0. The first kappa shape index (κ1) is 13.4. The van der Waals surface area contributed by atoms with E-state index in [9.17, 15) is 8.78 Å². The lowest BCUT2D eigenvalue weighted by molar-refractivity contribution is 0.591. The van der Waals surface area contributed by atoms with Gasteiger partial charge in [-0.1, -0.05) is 30.4 Å². The largest absolute Gasteiger partial charge is 0.389 e. The maximum Gasteiger partial charge on any atom is 0.149 e. The fraction of sp³-hybridized carbons (Fsp3) is 0.0714. The number of para-hydroxylation sites is 2. The van der Waals surface area contributed by atoms with Crippen molar-refractivity contribution in [3.63, 3.8) is 0 Å². The first-order valence-corrected chi connectivity index (χ1v) is 6.02. The van der Waals surface area contributed by atoms with Gasteiger partial charge in [-0.05, 0) is 30.7 Å². The highest BCUT2D eigenvalue weighted by Crippen LogP contribution is 2.28. The number of aryl methyl sites for hydroxylation is 1. The molecule has 0 aliphatic heterocycles. The van der Waals surface area contributed by atoms with Gasteiger partial charge >= 0.3 is 0 Å². The first-order chi connectivity index (χ1) is 9.00. The van der Waals surface area contributed by atoms with Crippen molar-refractivity contribution >= 4 is 28.6 Å². The highest BCUT2D eigenvalue weighted by Gasteiger charge is 2.13. The third-order valence-electron chi connectivity index (χ3n) is 2.75. The maximum absolute atomic E-state index is 13.6. The molecule has 0 amide bonds. The average molecular weight is 278 g/mol. The predicted octanol–water partition coefficient (Wildman–Crippen LogP) is 3.65. The van der Waals surface area contributed by atoms with E-state index >= 15 is 0 Å². The number of nitrogens with one attached hydrogen (secondary N) is 1. The Bertz CT molecular complexity index is 621. The third kappa shape index (κ3) is 2.71. The van der Waals surface area contributed by atoms with Crippen LogP contribution in [0.2, 0.25) is 0 Å². The molecule has 0 aliphatic carbocycles. The quantitative estimate of drug-likeness (QED) is 0.842. The van der Waals surface area contributed by atoms with Gasteiger partial charge in [0.05, 0.1) is 5.69 Å². The molecule has 19 heavy (non-hydrogen) atoms. The molecule has 0 heterocycles. The van der Waals surface area contributed by atoms with E-state index in [2.05, 4.69) is 5.32 Å². The van der Waals surface area contributed by atoms with Gasteiger partial charge in [-0.15, -0.1) is 0 Å². The number of hydrogen-bond donors (Lipinski definition) is 2. The lowest BCUT2D eigenvalue weighted by Crippen LogP contribution is -2.13. The normalized spacial score (nSPS) is 10.3. The summed E-state index contributed by atoms with van der Waals surface area (Å²) in [6.45, 7) is 1.81. The number of benzene rings is 2. The fourth-order valence-electron chi connectivity index (χ4n) is 1.78. The summed E-state index contributed by atoms with van der Waals surface area (Å²) in [4.78, 5) is 0.169. The molecule has 2 nitrogen and oxygen atoms in total. The van der Waals surface area contributed by atoms with E-state index in [-0.39, 0.29) is 10.7 Å². The van der Waals surface area contributed by atoms with Crippen LogP contribution in [0.4, 0.5) is 20.2 Å². The topological polar surface area (TPSA) is 38.0 Å². The Balaban J connectivity index is 2.52. The monoisotopic (exact) mass is 278 g/mol. The molecule has 0 saturated carbocycles. The summed E-state index contributed by atoms with van der Waals surface area (Å²) in [5.41, 5.74) is 7.27. The summed E-state index contributed by atoms with van der Waals surface area (Å²) in [6, 6.07) is 8.97. The Hall–Kier alpha value is -2.01. The van der Waals surface area contributed by atoms with Crippen molar-refractivity contribution in [2.75, 3.05) is 5.32 Å². The van der Waals surface area contributed by atoms with Crippen molar-refractivity contribution in [2.45, 2.75) is 6.92 Å². The average Bonchev–Trinajstić information content (AvgIpc) is 2.35. The molecule has 2 aromatic carbocycles. The molecule has 98 valence electrons. The molecular weight excluding hydrogens is 266 g/mol. The van der Waals surface area contributed by atoms with Crippen molar-refractivity contribution in [1.82, 2.24) is 0 Å². The van der Waals surface area contributed by atoms with Crippen molar-refractivity contribution in [3.05, 3.63) is 59.2 Å². The number of rotatable bonds is 3. The number of hydrogen-bond acceptors (Lipinski definition) is 2. The van der Waals surface area contributed by atoms with E-state index in [4.69, 9.17) is 18.0 Å². The van der Waals surface area contributed by atoms with Crippen molar-refractivity contribution in [3.8, 4) is 0 Å². The molecule has 0 unspecified atom stereocenters. The third-order valence-corrected chi connectivity index (χ3v) is 2.97. The van der Waals surface area contributed by atoms with Gasteiger partial charge in [0.1, 0.15) is 22.3 Å². The molecule has 0 fully saturated rings. The Labute approximate surface area is 115 Å². The first-order valence-electron chi connectivity index (χ1n) is 5.61. The Morgan fingerprint density at radius 3 is 2.21 bits per heavy atom. The van der Waals surface area contributed by atoms with Gasteiger partial charge in [0.2, 0.25) is 0 Å². The molecule has 0 aliphatic rings. The van der Waals surface area contributed by atoms with Crippen LogP contribution >= 0.6 is 12.2 Å². The summed E-state index contributed by atoms with van der Waals surface area (Å²) < 4.78 is 27.3. The van der Waals surface area contributed by atoms with Crippen LogP contribution in [0.15, 0.2) is 36.4 Å². The van der Waals surface area contributed by atoms with Crippen LogP contribution in [0.1, 0.15) is 11.1 Å². The standard InChI is InChI=1S/C14H12F2N2S/c1-8-4-2-5-9(14(17)19)12(8)18-13-10(15)6-3-7-11(13)16/h2-7,18H,1H3,(H2,17,19). The summed E-state index contributed by atoms with van der Waals surface area (Å²) >= 11 is 4.94. The van der Waals surface area contributed by atoms with Crippen molar-refractivity contribution in [2.24, 2.45) is 5.73 Å². The minimum atomic E-state index is -0.669. The van der Waals surface area contributed by atoms with Crippen LogP contribution in [0, 0.1) is 18.6 Å². The summed E-state index contributed by atoms with van der Waals surface area (Å²) in [5.74, 6) is -1.34. The number of thiocarbonyl (C=S) groups is 1. The predicted molar refractivity (Wildman–Crippen MR) is 76.7 cm³/mol. The maximum atomic E-state index is 13.6. The minimum Gasteiger partial charge on any atom is -0.389 e. The number of nitrogens with two attached hydrogens (primary N) is 1. The fourth-order valence-corrected chi connectivity index (χ4v) is 1.95. The van der Waals surface area contributed by atoms with E-state index in [0.717, 1.165) is 5.56 Å². The SMILES string of the molecule is Cc1cccc(C(N)=S)c1Nc1c(F)cccc1F. The summed E-state index contributed by atoms with van der Waals surface area (Å²) in [5, 5.41) is 2.74. The minimum absolute atomic E-state index is 0.169. The highest BCUT2D eigenvalue weighted by molar-refractivity contribution is 7.80. The van der Waals surface area contributed by atoms with Crippen molar-refractivity contribution in [1.29, 1.82) is 0 Å². The van der Waals surface area contributed by atoms with Crippen LogP contribution in [-0.2, 0) is 0 Å². The van der Waals surface area contributed by atoms with Gasteiger partial charge in [0.15, 0.2) is 0 Å². The van der Waals surface area contributed by atoms with Gasteiger partial charge in [-0.3, -0.25) is 0 Å². The van der Waals surface area contributed by atoms with Crippen LogP contribution in [0.3, 0.4) is 0 Å². The van der Waals surface area contributed by atoms with Crippen LogP contribution < -0.4 is 11.1 Å². The molecular formula is C14H12F2N2S. The molecule has 0 bridgehead atoms. The van der Waals surface area contributed by atoms with Gasteiger partial charge < -0.3 is 11.1 Å². The second-order valence-electron chi connectivity index (χ2n) is 4.08. The molecule has 2 rings (SSSR count). The molecule has 0 aromatic heterocycles. The van der Waals surface area contributed by atoms with E-state index in [1.807, 2.05) is 13.0 Å². The Morgan fingerprint density at radius 2 is 1.63 bits per heavy atom. The highest BCUT2D eigenvalue weighted by atomic mass is 32.1. The van der Waals surface area contributed by atoms with Gasteiger partial charge in [-0.25, -0.2) is 8.78 Å². The zero-order valence-electron chi connectivity index (χ0n) is 10.2. The van der Waals surface area contributed by atoms with Gasteiger partial charge in [-0.2, -0.15) is 0 Å². The Morgan fingerprint density at radius 1 is 1.05 bits per heavy atom. The zero-order chi connectivity index (χ0) is 14.0. The second kappa shape index (κ2) is 5.32. The van der Waals surface area contributed by atoms with E-state index in [1.54, 1.807) is 12.1 Å². The molecule has 0 spiro atoms. The summed E-state index contributed by atoms with van der Waals surface area (Å²) in [6.07, 6.45) is 0. The van der Waals surface area contributed by atoms with Crippen molar-refractivity contribution < 1.29 is 8.78 Å². The van der Waals surface area contributed by atoms with Crippen LogP contribution in [-0.4, -0.2) is 4.99 Å². The van der Waals surface area contributed by atoms with Crippen LogP contribution in [0.5, 0.6) is 0 Å². The number of anilines is 2. The molecule has 0 radical (unpaired) electrons. The van der Waals surface area contributed by atoms with E-state index in [1.165, 1.54) is 18.2 Å².